The van der Waals surface area contributed by atoms with Crippen molar-refractivity contribution in [2.75, 3.05) is 11.6 Å². The lowest BCUT2D eigenvalue weighted by molar-refractivity contribution is -0.383. The Bertz CT molecular complexity index is 834. The van der Waals surface area contributed by atoms with Gasteiger partial charge in [-0.2, -0.15) is 0 Å². The number of nitrogens with one attached hydrogen (secondary N) is 1. The molecule has 1 aromatic heterocycles. The Morgan fingerprint density at radius 1 is 1.32 bits per heavy atom. The molecule has 6 nitrogen and oxygen atoms in total. The maximum Gasteiger partial charge on any atom is 0.304 e. The van der Waals surface area contributed by atoms with Crippen molar-refractivity contribution in [1.82, 2.24) is 0 Å². The van der Waals surface area contributed by atoms with Crippen LogP contribution in [-0.4, -0.2) is 19.6 Å². The van der Waals surface area contributed by atoms with E-state index < -0.39 is 14.8 Å². The van der Waals surface area contributed by atoms with E-state index in [9.17, 15) is 18.5 Å². The predicted octanol–water partition coefficient (Wildman–Crippen LogP) is 3.98. The first kappa shape index (κ1) is 17.0. The van der Waals surface area contributed by atoms with Crippen molar-refractivity contribution >= 4 is 55.1 Å². The molecule has 118 valence electrons. The fourth-order valence-electron chi connectivity index (χ4n) is 1.65. The first-order valence-electron chi connectivity index (χ1n) is 5.84. The molecule has 0 saturated heterocycles. The molecule has 0 fully saturated rings. The molecule has 0 aliphatic heterocycles. The average Bonchev–Trinajstić information content (AvgIpc) is 2.82. The number of sulfone groups is 1. The number of nitro groups is 1. The number of rotatable bonds is 5. The van der Waals surface area contributed by atoms with Gasteiger partial charge in [0, 0.05) is 28.9 Å². The Morgan fingerprint density at radius 3 is 2.55 bits per heavy atom. The summed E-state index contributed by atoms with van der Waals surface area (Å²) in [7, 11) is -3.50. The lowest BCUT2D eigenvalue weighted by Gasteiger charge is -2.06. The summed E-state index contributed by atoms with van der Waals surface area (Å²) in [5, 5.41) is 14.9. The zero-order valence-corrected chi connectivity index (χ0v) is 14.3. The lowest BCUT2D eigenvalue weighted by Crippen LogP contribution is -2.00. The van der Waals surface area contributed by atoms with Crippen molar-refractivity contribution in [2.24, 2.45) is 0 Å². The van der Waals surface area contributed by atoms with Crippen molar-refractivity contribution < 1.29 is 13.3 Å². The third-order valence-electron chi connectivity index (χ3n) is 2.71. The summed E-state index contributed by atoms with van der Waals surface area (Å²) in [6.07, 6.45) is 1.00. The van der Waals surface area contributed by atoms with Gasteiger partial charge in [0.05, 0.1) is 4.92 Å². The first-order valence-corrected chi connectivity index (χ1v) is 9.31. The summed E-state index contributed by atoms with van der Waals surface area (Å²) in [4.78, 5) is 10.4. The smallest absolute Gasteiger partial charge is 0.304 e. The molecule has 1 N–H and O–H groups in total. The highest BCUT2D eigenvalue weighted by atomic mass is 35.5. The summed E-state index contributed by atoms with van der Waals surface area (Å²) in [5.74, 6) is 0. The lowest BCUT2D eigenvalue weighted by atomic mass is 10.2. The molecule has 2 rings (SSSR count). The molecule has 0 aliphatic rings. The van der Waals surface area contributed by atoms with Gasteiger partial charge in [-0.1, -0.05) is 40.6 Å². The van der Waals surface area contributed by atoms with E-state index in [2.05, 4.69) is 5.32 Å². The maximum atomic E-state index is 11.5. The quantitative estimate of drug-likeness (QED) is 0.625. The monoisotopic (exact) mass is 380 g/mol. The van der Waals surface area contributed by atoms with Gasteiger partial charge in [-0.15, -0.1) is 0 Å². The fraction of sp³-hybridized carbons (Fsp3) is 0.167. The van der Waals surface area contributed by atoms with Crippen LogP contribution in [0, 0.1) is 10.1 Å². The maximum absolute atomic E-state index is 11.5. The molecule has 10 heteroatoms. The molecular weight excluding hydrogens is 371 g/mol. The summed E-state index contributed by atoms with van der Waals surface area (Å²) in [6.45, 7) is 0.209. The molecular formula is C12H10Cl2N2O4S2. The normalized spacial score (nSPS) is 11.4. The summed E-state index contributed by atoms with van der Waals surface area (Å²) in [6, 6.07) is 5.94. The third kappa shape index (κ3) is 3.89. The molecule has 0 aliphatic carbocycles. The molecule has 0 atom stereocenters. The van der Waals surface area contributed by atoms with Crippen molar-refractivity contribution in [3.8, 4) is 0 Å². The third-order valence-corrected chi connectivity index (χ3v) is 6.18. The largest absolute Gasteiger partial charge is 0.367 e. The summed E-state index contributed by atoms with van der Waals surface area (Å²) in [5.41, 5.74) is 0.408. The number of hydrogen-bond donors (Lipinski definition) is 1. The Labute approximate surface area is 140 Å². The van der Waals surface area contributed by atoms with Crippen LogP contribution in [0.5, 0.6) is 0 Å². The summed E-state index contributed by atoms with van der Waals surface area (Å²) < 4.78 is 23.0. The van der Waals surface area contributed by atoms with Gasteiger partial charge in [0.15, 0.2) is 14.8 Å². The molecule has 22 heavy (non-hydrogen) atoms. The van der Waals surface area contributed by atoms with E-state index in [4.69, 9.17) is 23.2 Å². The van der Waals surface area contributed by atoms with Gasteiger partial charge in [-0.25, -0.2) is 8.42 Å². The molecule has 0 unspecified atom stereocenters. The van der Waals surface area contributed by atoms with Crippen LogP contribution in [0.15, 0.2) is 28.5 Å². The van der Waals surface area contributed by atoms with Gasteiger partial charge in [0.2, 0.25) is 0 Å². The minimum absolute atomic E-state index is 0.0658. The number of benzene rings is 1. The van der Waals surface area contributed by atoms with Crippen LogP contribution in [0.2, 0.25) is 10.0 Å². The second-order valence-electron chi connectivity index (χ2n) is 4.40. The van der Waals surface area contributed by atoms with Crippen LogP contribution >= 0.6 is 34.5 Å². The SMILES string of the molecule is CS(=O)(=O)c1cc([N+](=O)[O-])c(NCc2ccc(Cl)cc2Cl)s1. The average molecular weight is 381 g/mol. The fourth-order valence-corrected chi connectivity index (χ4v) is 4.06. The van der Waals surface area contributed by atoms with E-state index in [-0.39, 0.29) is 21.4 Å². The molecule has 2 aromatic rings. The Morgan fingerprint density at radius 2 is 2.00 bits per heavy atom. The Hall–Kier alpha value is -1.35. The highest BCUT2D eigenvalue weighted by Gasteiger charge is 2.23. The van der Waals surface area contributed by atoms with E-state index in [1.165, 1.54) is 0 Å². The van der Waals surface area contributed by atoms with Gasteiger partial charge in [-0.05, 0) is 17.7 Å². The molecule has 0 radical (unpaired) electrons. The van der Waals surface area contributed by atoms with Crippen molar-refractivity contribution in [1.29, 1.82) is 0 Å². The minimum Gasteiger partial charge on any atom is -0.367 e. The zero-order chi connectivity index (χ0) is 16.5. The van der Waals surface area contributed by atoms with Crippen LogP contribution in [0.3, 0.4) is 0 Å². The summed E-state index contributed by atoms with van der Waals surface area (Å²) >= 11 is 12.6. The van der Waals surface area contributed by atoms with Gasteiger partial charge in [0.25, 0.3) is 0 Å². The first-order chi connectivity index (χ1) is 10.2. The zero-order valence-electron chi connectivity index (χ0n) is 11.2. The molecule has 0 bridgehead atoms. The van der Waals surface area contributed by atoms with Crippen LogP contribution < -0.4 is 5.32 Å². The van der Waals surface area contributed by atoms with Crippen LogP contribution in [-0.2, 0) is 16.4 Å². The van der Waals surface area contributed by atoms with E-state index in [1.807, 2.05) is 0 Å². The number of halogens is 2. The van der Waals surface area contributed by atoms with Crippen molar-refractivity contribution in [2.45, 2.75) is 10.8 Å². The standard InChI is InChI=1S/C12H10Cl2N2O4S2/c1-22(19,20)11-5-10(16(17)18)12(21-11)15-6-7-2-3-8(13)4-9(7)14/h2-5,15H,6H2,1H3. The second kappa shape index (κ2) is 6.41. The molecule has 1 aromatic carbocycles. The molecule has 0 amide bonds. The molecule has 0 spiro atoms. The van der Waals surface area contributed by atoms with Crippen LogP contribution in [0.25, 0.3) is 0 Å². The van der Waals surface area contributed by atoms with E-state index in [0.29, 0.717) is 15.6 Å². The van der Waals surface area contributed by atoms with E-state index >= 15 is 0 Å². The molecule has 0 saturated carbocycles. The van der Waals surface area contributed by atoms with Gasteiger partial charge in [-0.3, -0.25) is 10.1 Å². The second-order valence-corrected chi connectivity index (χ2v) is 8.54. The number of thiophene rings is 1. The van der Waals surface area contributed by atoms with Gasteiger partial charge < -0.3 is 5.32 Å². The van der Waals surface area contributed by atoms with E-state index in [0.717, 1.165) is 23.7 Å². The van der Waals surface area contributed by atoms with Crippen molar-refractivity contribution in [3.05, 3.63) is 50.0 Å². The Balaban J connectivity index is 2.29. The van der Waals surface area contributed by atoms with Crippen molar-refractivity contribution in [3.63, 3.8) is 0 Å². The Kier molecular flexibility index (Phi) is 4.96. The number of hydrogen-bond acceptors (Lipinski definition) is 6. The number of nitrogens with zero attached hydrogens (tertiary/aromatic N) is 1. The van der Waals surface area contributed by atoms with Gasteiger partial charge >= 0.3 is 5.69 Å². The van der Waals surface area contributed by atoms with Crippen LogP contribution in [0.1, 0.15) is 5.56 Å². The van der Waals surface area contributed by atoms with Gasteiger partial charge in [0.1, 0.15) is 4.21 Å². The predicted molar refractivity (Wildman–Crippen MR) is 87.9 cm³/mol. The number of anilines is 1. The highest BCUT2D eigenvalue weighted by Crippen LogP contribution is 2.37. The minimum atomic E-state index is -3.50. The highest BCUT2D eigenvalue weighted by molar-refractivity contribution is 7.92. The topological polar surface area (TPSA) is 89.3 Å². The molecule has 1 heterocycles. The van der Waals surface area contributed by atoms with Crippen LogP contribution in [0.4, 0.5) is 10.7 Å². The van der Waals surface area contributed by atoms with E-state index in [1.54, 1.807) is 18.2 Å².